The fourth-order valence-electron chi connectivity index (χ4n) is 3.22. The zero-order chi connectivity index (χ0) is 22.0. The fraction of sp³-hybridized carbons (Fsp3) is 0.0909. The molecule has 3 heterocycles. The van der Waals surface area contributed by atoms with Crippen LogP contribution in [0.4, 0.5) is 8.78 Å². The molecule has 0 bridgehead atoms. The lowest BCUT2D eigenvalue weighted by molar-refractivity contribution is 0.0949. The SMILES string of the molecule is O=C(NCc1ccncc1)c1cn(Cc2c(F)cccc2F)c2ccc(=O)[nH]c2c1=O. The van der Waals surface area contributed by atoms with Crippen LogP contribution in [0.3, 0.4) is 0 Å². The molecule has 4 aromatic rings. The number of fused-ring (bicyclic) bond motifs is 1. The summed E-state index contributed by atoms with van der Waals surface area (Å²) in [4.78, 5) is 43.7. The standard InChI is InChI=1S/C22H16F2N4O3/c23-16-2-1-3-17(24)14(16)11-28-12-15(21(30)20-18(28)4-5-19(29)27-20)22(31)26-10-13-6-8-25-9-7-13/h1-9,12H,10-11H2,(H,26,31)(H,27,29). The number of nitrogens with one attached hydrogen (secondary N) is 2. The van der Waals surface area contributed by atoms with Crippen molar-refractivity contribution in [2.75, 3.05) is 0 Å². The van der Waals surface area contributed by atoms with Gasteiger partial charge in [-0.15, -0.1) is 0 Å². The van der Waals surface area contributed by atoms with Gasteiger partial charge < -0.3 is 14.9 Å². The van der Waals surface area contributed by atoms with Crippen LogP contribution in [0.5, 0.6) is 0 Å². The first-order valence-electron chi connectivity index (χ1n) is 9.30. The highest BCUT2D eigenvalue weighted by atomic mass is 19.1. The number of hydrogen-bond donors (Lipinski definition) is 2. The number of pyridine rings is 3. The third-order valence-corrected chi connectivity index (χ3v) is 4.80. The van der Waals surface area contributed by atoms with Gasteiger partial charge in [0.1, 0.15) is 22.7 Å². The molecule has 0 fully saturated rings. The number of H-pyrrole nitrogens is 1. The van der Waals surface area contributed by atoms with Gasteiger partial charge in [-0.25, -0.2) is 8.78 Å². The van der Waals surface area contributed by atoms with E-state index in [4.69, 9.17) is 0 Å². The number of benzene rings is 1. The van der Waals surface area contributed by atoms with E-state index < -0.39 is 28.5 Å². The highest BCUT2D eigenvalue weighted by Crippen LogP contribution is 2.17. The van der Waals surface area contributed by atoms with E-state index in [9.17, 15) is 23.2 Å². The second-order valence-corrected chi connectivity index (χ2v) is 6.82. The summed E-state index contributed by atoms with van der Waals surface area (Å²) in [6.45, 7) is -0.141. The Bertz CT molecular complexity index is 1380. The second kappa shape index (κ2) is 8.31. The molecule has 0 aliphatic rings. The van der Waals surface area contributed by atoms with Crippen molar-refractivity contribution in [1.29, 1.82) is 0 Å². The van der Waals surface area contributed by atoms with Gasteiger partial charge in [0.05, 0.1) is 12.1 Å². The van der Waals surface area contributed by atoms with E-state index in [-0.39, 0.29) is 35.2 Å². The van der Waals surface area contributed by atoms with E-state index in [2.05, 4.69) is 15.3 Å². The molecule has 0 saturated carbocycles. The van der Waals surface area contributed by atoms with Gasteiger partial charge in [-0.1, -0.05) is 6.07 Å². The van der Waals surface area contributed by atoms with Crippen LogP contribution in [-0.4, -0.2) is 20.4 Å². The third-order valence-electron chi connectivity index (χ3n) is 4.80. The lowest BCUT2D eigenvalue weighted by Crippen LogP contribution is -2.30. The maximum absolute atomic E-state index is 14.2. The van der Waals surface area contributed by atoms with Crippen LogP contribution >= 0.6 is 0 Å². The van der Waals surface area contributed by atoms with Crippen LogP contribution < -0.4 is 16.3 Å². The smallest absolute Gasteiger partial charge is 0.257 e. The number of rotatable bonds is 5. The summed E-state index contributed by atoms with van der Waals surface area (Å²) >= 11 is 0. The lowest BCUT2D eigenvalue weighted by Gasteiger charge is -2.14. The molecule has 0 atom stereocenters. The molecule has 31 heavy (non-hydrogen) atoms. The highest BCUT2D eigenvalue weighted by molar-refractivity contribution is 5.96. The third kappa shape index (κ3) is 4.11. The maximum Gasteiger partial charge on any atom is 0.257 e. The zero-order valence-electron chi connectivity index (χ0n) is 16.1. The van der Waals surface area contributed by atoms with Crippen LogP contribution in [0.15, 0.2) is 70.6 Å². The summed E-state index contributed by atoms with van der Waals surface area (Å²) in [6, 6.07) is 9.45. The lowest BCUT2D eigenvalue weighted by atomic mass is 10.1. The van der Waals surface area contributed by atoms with Crippen LogP contribution in [-0.2, 0) is 13.1 Å². The number of aromatic nitrogens is 3. The van der Waals surface area contributed by atoms with Crippen molar-refractivity contribution in [3.05, 3.63) is 110 Å². The number of hydrogen-bond acceptors (Lipinski definition) is 4. The minimum atomic E-state index is -0.764. The van der Waals surface area contributed by atoms with E-state index in [1.54, 1.807) is 24.5 Å². The van der Waals surface area contributed by atoms with Crippen LogP contribution in [0.2, 0.25) is 0 Å². The zero-order valence-corrected chi connectivity index (χ0v) is 16.1. The summed E-state index contributed by atoms with van der Waals surface area (Å²) in [7, 11) is 0. The minimum absolute atomic E-state index is 0.124. The van der Waals surface area contributed by atoms with Gasteiger partial charge in [0.2, 0.25) is 11.0 Å². The average Bonchev–Trinajstić information content (AvgIpc) is 2.77. The first kappa shape index (κ1) is 20.1. The second-order valence-electron chi connectivity index (χ2n) is 6.82. The molecule has 2 N–H and O–H groups in total. The molecule has 156 valence electrons. The Labute approximate surface area is 174 Å². The van der Waals surface area contributed by atoms with Crippen molar-refractivity contribution in [2.45, 2.75) is 13.1 Å². The Kier molecular flexibility index (Phi) is 5.40. The number of aromatic amines is 1. The molecule has 3 aromatic heterocycles. The van der Waals surface area contributed by atoms with Crippen molar-refractivity contribution >= 4 is 16.9 Å². The van der Waals surface area contributed by atoms with E-state index in [0.717, 1.165) is 17.7 Å². The number of nitrogens with zero attached hydrogens (tertiary/aromatic N) is 2. The summed E-state index contributed by atoms with van der Waals surface area (Å²) in [5.74, 6) is -2.21. The molecule has 0 spiro atoms. The van der Waals surface area contributed by atoms with Gasteiger partial charge in [-0.3, -0.25) is 19.4 Å². The first-order valence-corrected chi connectivity index (χ1v) is 9.30. The molecular weight excluding hydrogens is 406 g/mol. The van der Waals surface area contributed by atoms with Gasteiger partial charge in [-0.05, 0) is 35.9 Å². The van der Waals surface area contributed by atoms with Crippen LogP contribution in [0.25, 0.3) is 11.0 Å². The molecule has 0 unspecified atom stereocenters. The maximum atomic E-state index is 14.2. The highest BCUT2D eigenvalue weighted by Gasteiger charge is 2.18. The van der Waals surface area contributed by atoms with Crippen LogP contribution in [0.1, 0.15) is 21.5 Å². The van der Waals surface area contributed by atoms with Crippen molar-refractivity contribution in [3.8, 4) is 0 Å². The normalized spacial score (nSPS) is 10.9. The van der Waals surface area contributed by atoms with Gasteiger partial charge in [0, 0.05) is 36.8 Å². The van der Waals surface area contributed by atoms with E-state index in [1.165, 1.54) is 29.0 Å². The minimum Gasteiger partial charge on any atom is -0.348 e. The molecule has 4 rings (SSSR count). The Balaban J connectivity index is 1.79. The van der Waals surface area contributed by atoms with Crippen molar-refractivity contribution in [1.82, 2.24) is 19.9 Å². The number of amides is 1. The van der Waals surface area contributed by atoms with Crippen molar-refractivity contribution in [3.63, 3.8) is 0 Å². The molecule has 1 aromatic carbocycles. The molecule has 0 saturated heterocycles. The Morgan fingerprint density at radius 2 is 1.74 bits per heavy atom. The van der Waals surface area contributed by atoms with Gasteiger partial charge >= 0.3 is 0 Å². The summed E-state index contributed by atoms with van der Waals surface area (Å²) in [5, 5.41) is 2.63. The Hall–Kier alpha value is -4.14. The molecule has 0 radical (unpaired) electrons. The number of carbonyl (C=O) groups excluding carboxylic acids is 1. The molecule has 0 aliphatic carbocycles. The van der Waals surface area contributed by atoms with Gasteiger partial charge in [0.25, 0.3) is 5.91 Å². The summed E-state index contributed by atoms with van der Waals surface area (Å²) in [5.41, 5.74) is -0.847. The average molecular weight is 422 g/mol. The van der Waals surface area contributed by atoms with Crippen LogP contribution in [0, 0.1) is 11.6 Å². The number of halogens is 2. The molecule has 1 amide bonds. The van der Waals surface area contributed by atoms with Gasteiger partial charge in [0.15, 0.2) is 0 Å². The molecule has 7 nitrogen and oxygen atoms in total. The van der Waals surface area contributed by atoms with E-state index >= 15 is 0 Å². The topological polar surface area (TPSA) is 96.8 Å². The van der Waals surface area contributed by atoms with E-state index in [1.807, 2.05) is 0 Å². The van der Waals surface area contributed by atoms with Gasteiger partial charge in [-0.2, -0.15) is 0 Å². The summed E-state index contributed by atoms with van der Waals surface area (Å²) in [6.07, 6.45) is 4.37. The van der Waals surface area contributed by atoms with Crippen molar-refractivity contribution < 1.29 is 13.6 Å². The first-order chi connectivity index (χ1) is 14.9. The molecular formula is C22H16F2N4O3. The largest absolute Gasteiger partial charge is 0.348 e. The van der Waals surface area contributed by atoms with E-state index in [0.29, 0.717) is 0 Å². The fourth-order valence-corrected chi connectivity index (χ4v) is 3.22. The quantitative estimate of drug-likeness (QED) is 0.516. The Morgan fingerprint density at radius 3 is 2.45 bits per heavy atom. The number of carbonyl (C=O) groups is 1. The molecule has 0 aliphatic heterocycles. The van der Waals surface area contributed by atoms with Crippen molar-refractivity contribution in [2.24, 2.45) is 0 Å². The monoisotopic (exact) mass is 422 g/mol. The predicted octanol–water partition coefficient (Wildman–Crippen LogP) is 2.34. The Morgan fingerprint density at radius 1 is 1.03 bits per heavy atom. The summed E-state index contributed by atoms with van der Waals surface area (Å²) < 4.78 is 29.7. The molecule has 9 heteroatoms. The predicted molar refractivity (Wildman–Crippen MR) is 110 cm³/mol.